The van der Waals surface area contributed by atoms with Gasteiger partial charge in [-0.15, -0.1) is 0 Å². The third-order valence-electron chi connectivity index (χ3n) is 4.73. The Morgan fingerprint density at radius 1 is 1.29 bits per heavy atom. The van der Waals surface area contributed by atoms with E-state index in [-0.39, 0.29) is 17.0 Å². The Labute approximate surface area is 123 Å². The van der Waals surface area contributed by atoms with Crippen molar-refractivity contribution in [2.24, 2.45) is 0 Å². The Morgan fingerprint density at radius 2 is 2.14 bits per heavy atom. The van der Waals surface area contributed by atoms with Crippen LogP contribution in [0.5, 0.6) is 0 Å². The van der Waals surface area contributed by atoms with Crippen LogP contribution in [0.15, 0.2) is 11.2 Å². The Hall–Kier alpha value is -1.41. The van der Waals surface area contributed by atoms with Crippen LogP contribution in [0.1, 0.15) is 31.5 Å². The van der Waals surface area contributed by atoms with E-state index in [2.05, 4.69) is 10.3 Å². The number of sulfonamides is 1. The van der Waals surface area contributed by atoms with Crippen molar-refractivity contribution in [3.63, 3.8) is 0 Å². The zero-order chi connectivity index (χ0) is 14.6. The molecule has 3 aliphatic heterocycles. The van der Waals surface area contributed by atoms with Gasteiger partial charge in [0, 0.05) is 25.6 Å². The second-order valence-electron chi connectivity index (χ2n) is 5.95. The van der Waals surface area contributed by atoms with E-state index in [1.54, 1.807) is 0 Å². The van der Waals surface area contributed by atoms with E-state index in [4.69, 9.17) is 0 Å². The SMILES string of the molecule is O=C1NCC2CCC1N2S(=O)(=O)c1cnc2n1CCCC2. The van der Waals surface area contributed by atoms with E-state index in [0.29, 0.717) is 19.5 Å². The van der Waals surface area contributed by atoms with Gasteiger partial charge in [-0.05, 0) is 25.7 Å². The van der Waals surface area contributed by atoms with Crippen molar-refractivity contribution >= 4 is 15.9 Å². The monoisotopic (exact) mass is 310 g/mol. The number of hydrogen-bond donors (Lipinski definition) is 1. The lowest BCUT2D eigenvalue weighted by molar-refractivity contribution is -0.126. The molecule has 1 aromatic rings. The molecule has 1 N–H and O–H groups in total. The van der Waals surface area contributed by atoms with Crippen molar-refractivity contribution in [3.8, 4) is 0 Å². The van der Waals surface area contributed by atoms with Gasteiger partial charge in [0.1, 0.15) is 11.9 Å². The number of hydrogen-bond acceptors (Lipinski definition) is 4. The number of nitrogens with zero attached hydrogens (tertiary/aromatic N) is 3. The van der Waals surface area contributed by atoms with Crippen molar-refractivity contribution < 1.29 is 13.2 Å². The number of rotatable bonds is 2. The fraction of sp³-hybridized carbons (Fsp3) is 0.692. The number of imidazole rings is 1. The summed E-state index contributed by atoms with van der Waals surface area (Å²) in [5.74, 6) is 0.666. The average molecular weight is 310 g/mol. The number of carbonyl (C=O) groups is 1. The molecule has 3 aliphatic rings. The van der Waals surface area contributed by atoms with Crippen LogP contribution in [0, 0.1) is 0 Å². The van der Waals surface area contributed by atoms with Gasteiger partial charge in [0.15, 0.2) is 5.03 Å². The van der Waals surface area contributed by atoms with Crippen LogP contribution in [-0.2, 0) is 27.8 Å². The highest BCUT2D eigenvalue weighted by molar-refractivity contribution is 7.89. The van der Waals surface area contributed by atoms with Crippen molar-refractivity contribution in [2.75, 3.05) is 6.54 Å². The molecule has 2 fully saturated rings. The molecule has 0 saturated carbocycles. The van der Waals surface area contributed by atoms with Crippen LogP contribution in [0.2, 0.25) is 0 Å². The number of amides is 1. The van der Waals surface area contributed by atoms with Gasteiger partial charge < -0.3 is 9.88 Å². The van der Waals surface area contributed by atoms with E-state index in [1.807, 2.05) is 4.57 Å². The first kappa shape index (κ1) is 13.3. The first-order valence-corrected chi connectivity index (χ1v) is 8.89. The molecule has 0 aromatic carbocycles. The summed E-state index contributed by atoms with van der Waals surface area (Å²) in [6.45, 7) is 1.11. The van der Waals surface area contributed by atoms with Crippen LogP contribution < -0.4 is 5.32 Å². The van der Waals surface area contributed by atoms with Crippen LogP contribution in [-0.4, -0.2) is 46.8 Å². The van der Waals surface area contributed by atoms with Crippen LogP contribution in [0.25, 0.3) is 0 Å². The Balaban J connectivity index is 1.77. The normalized spacial score (nSPS) is 29.2. The highest BCUT2D eigenvalue weighted by atomic mass is 32.2. The summed E-state index contributed by atoms with van der Waals surface area (Å²) in [6.07, 6.45) is 5.65. The van der Waals surface area contributed by atoms with Crippen molar-refractivity contribution in [3.05, 3.63) is 12.0 Å². The number of fused-ring (bicyclic) bond motifs is 3. The molecule has 4 heterocycles. The number of aryl methyl sites for hydroxylation is 1. The molecule has 2 saturated heterocycles. The molecule has 1 aromatic heterocycles. The smallest absolute Gasteiger partial charge is 0.261 e. The first-order chi connectivity index (χ1) is 10.1. The van der Waals surface area contributed by atoms with Gasteiger partial charge >= 0.3 is 0 Å². The van der Waals surface area contributed by atoms with E-state index in [0.717, 1.165) is 31.5 Å². The second kappa shape index (κ2) is 4.54. The van der Waals surface area contributed by atoms with Crippen molar-refractivity contribution in [1.82, 2.24) is 19.2 Å². The molecule has 0 radical (unpaired) electrons. The molecule has 2 unspecified atom stereocenters. The number of carbonyl (C=O) groups excluding carboxylic acids is 1. The summed E-state index contributed by atoms with van der Waals surface area (Å²) in [5.41, 5.74) is 0. The Bertz CT molecular complexity index is 696. The fourth-order valence-electron chi connectivity index (χ4n) is 3.70. The highest BCUT2D eigenvalue weighted by Gasteiger charge is 2.49. The zero-order valence-electron chi connectivity index (χ0n) is 11.7. The van der Waals surface area contributed by atoms with Gasteiger partial charge in [-0.1, -0.05) is 0 Å². The third kappa shape index (κ3) is 1.85. The van der Waals surface area contributed by atoms with Crippen molar-refractivity contribution in [2.45, 2.75) is 55.8 Å². The van der Waals surface area contributed by atoms with Crippen LogP contribution in [0.3, 0.4) is 0 Å². The number of nitrogens with one attached hydrogen (secondary N) is 1. The quantitative estimate of drug-likeness (QED) is 0.825. The predicted octanol–water partition coefficient (Wildman–Crippen LogP) is -0.129. The molecule has 0 aliphatic carbocycles. The second-order valence-corrected chi connectivity index (χ2v) is 7.74. The lowest BCUT2D eigenvalue weighted by Gasteiger charge is -2.33. The molecule has 8 heteroatoms. The molecule has 1 amide bonds. The maximum Gasteiger partial charge on any atom is 0.261 e. The maximum absolute atomic E-state index is 13.0. The van der Waals surface area contributed by atoms with Gasteiger partial charge in [-0.25, -0.2) is 13.4 Å². The molecular formula is C13H18N4O3S. The molecule has 114 valence electrons. The van der Waals surface area contributed by atoms with Crippen LogP contribution in [0.4, 0.5) is 0 Å². The number of piperazine rings is 1. The molecule has 2 bridgehead atoms. The van der Waals surface area contributed by atoms with Gasteiger partial charge in [-0.3, -0.25) is 4.79 Å². The van der Waals surface area contributed by atoms with Gasteiger partial charge in [-0.2, -0.15) is 4.31 Å². The third-order valence-corrected chi connectivity index (χ3v) is 6.69. The fourth-order valence-corrected chi connectivity index (χ4v) is 5.69. The van der Waals surface area contributed by atoms with Crippen molar-refractivity contribution in [1.29, 1.82) is 0 Å². The topological polar surface area (TPSA) is 84.3 Å². The lowest BCUT2D eigenvalue weighted by atomic mass is 10.2. The zero-order valence-corrected chi connectivity index (χ0v) is 12.5. The van der Waals surface area contributed by atoms with Gasteiger partial charge in [0.2, 0.25) is 5.91 Å². The number of aromatic nitrogens is 2. The molecule has 7 nitrogen and oxygen atoms in total. The summed E-state index contributed by atoms with van der Waals surface area (Å²) >= 11 is 0. The molecule has 2 atom stereocenters. The minimum atomic E-state index is -3.66. The van der Waals surface area contributed by atoms with Gasteiger partial charge in [0.05, 0.1) is 6.20 Å². The minimum absolute atomic E-state index is 0.118. The highest BCUT2D eigenvalue weighted by Crippen LogP contribution is 2.34. The molecule has 4 rings (SSSR count). The summed E-state index contributed by atoms with van der Waals surface area (Å²) in [7, 11) is -3.66. The van der Waals surface area contributed by atoms with E-state index in [1.165, 1.54) is 10.5 Å². The Morgan fingerprint density at radius 3 is 3.00 bits per heavy atom. The van der Waals surface area contributed by atoms with Crippen LogP contribution >= 0.6 is 0 Å². The van der Waals surface area contributed by atoms with E-state index in [9.17, 15) is 13.2 Å². The lowest BCUT2D eigenvalue weighted by Crippen LogP contribution is -2.57. The minimum Gasteiger partial charge on any atom is -0.353 e. The largest absolute Gasteiger partial charge is 0.353 e. The molecule has 0 spiro atoms. The van der Waals surface area contributed by atoms with E-state index < -0.39 is 16.1 Å². The maximum atomic E-state index is 13.0. The summed E-state index contributed by atoms with van der Waals surface area (Å²) < 4.78 is 29.3. The first-order valence-electron chi connectivity index (χ1n) is 7.45. The summed E-state index contributed by atoms with van der Waals surface area (Å²) in [5, 5.41) is 3.04. The summed E-state index contributed by atoms with van der Waals surface area (Å²) in [4.78, 5) is 16.2. The average Bonchev–Trinajstić information content (AvgIpc) is 3.05. The van der Waals surface area contributed by atoms with E-state index >= 15 is 0 Å². The van der Waals surface area contributed by atoms with Gasteiger partial charge in [0.25, 0.3) is 10.0 Å². The molecule has 21 heavy (non-hydrogen) atoms. The predicted molar refractivity (Wildman–Crippen MR) is 74.0 cm³/mol. The molecular weight excluding hydrogens is 292 g/mol. The standard InChI is InChI=1S/C13H18N4O3S/c18-13-10-5-4-9(7-15-13)17(10)21(19,20)12-8-14-11-3-1-2-6-16(11)12/h8-10H,1-7H2,(H,15,18). The summed E-state index contributed by atoms with van der Waals surface area (Å²) in [6, 6.07) is -0.670. The Kier molecular flexibility index (Phi) is 2.87.